The lowest BCUT2D eigenvalue weighted by atomic mass is 9.81. The summed E-state index contributed by atoms with van der Waals surface area (Å²) in [5, 5.41) is 22.4. The number of halogens is 2. The molecule has 192 valence electrons. The Morgan fingerprint density at radius 1 is 1.11 bits per heavy atom. The third kappa shape index (κ3) is 4.89. The van der Waals surface area contributed by atoms with Crippen LogP contribution in [0.1, 0.15) is 47.3 Å². The van der Waals surface area contributed by atoms with Crippen molar-refractivity contribution in [1.29, 1.82) is 0 Å². The van der Waals surface area contributed by atoms with Crippen LogP contribution in [-0.2, 0) is 17.8 Å². The van der Waals surface area contributed by atoms with Gasteiger partial charge in [0.05, 0.1) is 26.5 Å². The molecule has 0 radical (unpaired) electrons. The molecule has 1 N–H and O–H groups in total. The summed E-state index contributed by atoms with van der Waals surface area (Å²) in [6, 6.07) is 15.7. The molecule has 0 aliphatic carbocycles. The maximum Gasteiger partial charge on any atom is 0.311 e. The van der Waals surface area contributed by atoms with Crippen molar-refractivity contribution in [2.75, 3.05) is 14.2 Å². The van der Waals surface area contributed by atoms with E-state index in [0.717, 1.165) is 28.9 Å². The first kappa shape index (κ1) is 25.1. The first-order chi connectivity index (χ1) is 17.9. The average Bonchev–Trinajstić information content (AvgIpc) is 3.46. The van der Waals surface area contributed by atoms with Crippen molar-refractivity contribution in [1.82, 2.24) is 24.8 Å². The van der Waals surface area contributed by atoms with Gasteiger partial charge in [0, 0.05) is 28.1 Å². The minimum absolute atomic E-state index is 0.0495. The van der Waals surface area contributed by atoms with Crippen LogP contribution in [-0.4, -0.2) is 50.1 Å². The third-order valence-corrected chi connectivity index (χ3v) is 7.23. The standard InChI is InChI=1S/C26H25Cl2N5O4/c1-36-22-5-3-4-17(26(22)37-2)18-12-15(10-11-32-30-24(29-31-32)14-25(34)35)20-8-9-23(28)33(20)21-7-6-16(27)13-19(18)21/h3-9,13,15,18H,10-12,14H2,1-2H3,(H,34,35)/t15-,18+/m0/s1. The SMILES string of the molecule is COc1cccc([C@H]2C[C@H](CCn3nnc(CC(=O)O)n3)c3ccc(Cl)n3-c3ccc(Cl)cc32)c1OC. The molecular formula is C26H25Cl2N5O4. The van der Waals surface area contributed by atoms with Gasteiger partial charge in [0.25, 0.3) is 0 Å². The fraction of sp³-hybridized carbons (Fsp3) is 0.308. The number of fused-ring (bicyclic) bond motifs is 3. The van der Waals surface area contributed by atoms with Gasteiger partial charge in [0.15, 0.2) is 17.3 Å². The second-order valence-electron chi connectivity index (χ2n) is 8.85. The predicted molar refractivity (Wildman–Crippen MR) is 138 cm³/mol. The lowest BCUT2D eigenvalue weighted by molar-refractivity contribution is -0.136. The van der Waals surface area contributed by atoms with E-state index < -0.39 is 5.97 Å². The molecule has 0 saturated heterocycles. The number of aromatic nitrogens is 5. The molecule has 0 unspecified atom stereocenters. The number of aliphatic carboxylic acids is 1. The van der Waals surface area contributed by atoms with Gasteiger partial charge < -0.3 is 19.1 Å². The molecule has 0 fully saturated rings. The highest BCUT2D eigenvalue weighted by Crippen LogP contribution is 2.49. The number of benzene rings is 2. The molecule has 2 aromatic heterocycles. The summed E-state index contributed by atoms with van der Waals surface area (Å²) in [7, 11) is 3.26. The maximum absolute atomic E-state index is 11.0. The Balaban J connectivity index is 1.58. The lowest BCUT2D eigenvalue weighted by Crippen LogP contribution is -2.12. The van der Waals surface area contributed by atoms with Gasteiger partial charge in [-0.25, -0.2) is 0 Å². The molecule has 3 heterocycles. The molecule has 9 nitrogen and oxygen atoms in total. The number of para-hydroxylation sites is 1. The van der Waals surface area contributed by atoms with Crippen LogP contribution in [0.25, 0.3) is 5.69 Å². The molecule has 0 spiro atoms. The summed E-state index contributed by atoms with van der Waals surface area (Å²) in [6.07, 6.45) is 1.14. The Labute approximate surface area is 223 Å². The van der Waals surface area contributed by atoms with E-state index in [1.54, 1.807) is 14.2 Å². The zero-order valence-corrected chi connectivity index (χ0v) is 21.8. The molecule has 5 rings (SSSR count). The van der Waals surface area contributed by atoms with E-state index in [-0.39, 0.29) is 24.1 Å². The van der Waals surface area contributed by atoms with Crippen molar-refractivity contribution < 1.29 is 19.4 Å². The normalized spacial score (nSPS) is 16.5. The van der Waals surface area contributed by atoms with Crippen LogP contribution in [0.4, 0.5) is 0 Å². The van der Waals surface area contributed by atoms with Crippen LogP contribution in [0.2, 0.25) is 10.2 Å². The molecular weight excluding hydrogens is 517 g/mol. The van der Waals surface area contributed by atoms with E-state index in [2.05, 4.69) is 20.0 Å². The number of carbonyl (C=O) groups is 1. The maximum atomic E-state index is 11.0. The molecule has 1 aliphatic rings. The van der Waals surface area contributed by atoms with Gasteiger partial charge in [-0.15, -0.1) is 10.2 Å². The highest BCUT2D eigenvalue weighted by atomic mass is 35.5. The molecule has 2 aromatic carbocycles. The van der Waals surface area contributed by atoms with Crippen LogP contribution in [0.5, 0.6) is 11.5 Å². The summed E-state index contributed by atoms with van der Waals surface area (Å²) >= 11 is 13.2. The number of hydrogen-bond acceptors (Lipinski definition) is 6. The second kappa shape index (κ2) is 10.4. The third-order valence-electron chi connectivity index (χ3n) is 6.70. The zero-order chi connectivity index (χ0) is 26.1. The number of rotatable bonds is 8. The average molecular weight is 542 g/mol. The van der Waals surface area contributed by atoms with Gasteiger partial charge in [-0.1, -0.05) is 35.3 Å². The minimum Gasteiger partial charge on any atom is -0.493 e. The number of hydrogen-bond donors (Lipinski definition) is 1. The number of aryl methyl sites for hydroxylation is 1. The highest BCUT2D eigenvalue weighted by molar-refractivity contribution is 6.31. The Kier molecular flexibility index (Phi) is 7.08. The van der Waals surface area contributed by atoms with Gasteiger partial charge in [-0.3, -0.25) is 4.79 Å². The minimum atomic E-state index is -0.998. The van der Waals surface area contributed by atoms with Crippen molar-refractivity contribution in [2.45, 2.75) is 37.6 Å². The summed E-state index contributed by atoms with van der Waals surface area (Å²) in [6.45, 7) is 0.457. The summed E-state index contributed by atoms with van der Waals surface area (Å²) in [5.41, 5.74) is 4.03. The van der Waals surface area contributed by atoms with Gasteiger partial charge >= 0.3 is 5.97 Å². The molecule has 4 aromatic rings. The van der Waals surface area contributed by atoms with Gasteiger partial charge in [-0.2, -0.15) is 4.80 Å². The summed E-state index contributed by atoms with van der Waals surface area (Å²) in [5.74, 6) is 0.482. The van der Waals surface area contributed by atoms with Crippen molar-refractivity contribution in [3.63, 3.8) is 0 Å². The molecule has 0 saturated carbocycles. The van der Waals surface area contributed by atoms with E-state index in [9.17, 15) is 4.79 Å². The van der Waals surface area contributed by atoms with Gasteiger partial charge in [0.2, 0.25) is 0 Å². The summed E-state index contributed by atoms with van der Waals surface area (Å²) < 4.78 is 13.5. The Morgan fingerprint density at radius 2 is 1.95 bits per heavy atom. The molecule has 2 atom stereocenters. The Hall–Kier alpha value is -3.56. The van der Waals surface area contributed by atoms with Crippen molar-refractivity contribution in [3.05, 3.63) is 81.4 Å². The van der Waals surface area contributed by atoms with Crippen molar-refractivity contribution in [2.24, 2.45) is 0 Å². The Bertz CT molecular complexity index is 1450. The predicted octanol–water partition coefficient (Wildman–Crippen LogP) is 5.12. The fourth-order valence-corrected chi connectivity index (χ4v) is 5.57. The largest absolute Gasteiger partial charge is 0.493 e. The lowest BCUT2D eigenvalue weighted by Gasteiger charge is -2.24. The number of ether oxygens (including phenoxy) is 2. The van der Waals surface area contributed by atoms with E-state index in [1.165, 1.54) is 4.80 Å². The molecule has 11 heteroatoms. The highest BCUT2D eigenvalue weighted by Gasteiger charge is 2.33. The number of carboxylic acid groups (broad SMARTS) is 1. The van der Waals surface area contributed by atoms with E-state index in [0.29, 0.717) is 34.6 Å². The fourth-order valence-electron chi connectivity index (χ4n) is 5.13. The van der Waals surface area contributed by atoms with Crippen LogP contribution >= 0.6 is 23.2 Å². The van der Waals surface area contributed by atoms with E-state index >= 15 is 0 Å². The van der Waals surface area contributed by atoms with Gasteiger partial charge in [0.1, 0.15) is 11.6 Å². The zero-order valence-electron chi connectivity index (χ0n) is 20.3. The topological polar surface area (TPSA) is 104 Å². The van der Waals surface area contributed by atoms with E-state index in [4.69, 9.17) is 37.8 Å². The number of tetrazole rings is 1. The summed E-state index contributed by atoms with van der Waals surface area (Å²) in [4.78, 5) is 12.4. The van der Waals surface area contributed by atoms with Crippen molar-refractivity contribution >= 4 is 29.2 Å². The second-order valence-corrected chi connectivity index (χ2v) is 9.67. The quantitative estimate of drug-likeness (QED) is 0.330. The van der Waals surface area contributed by atoms with E-state index in [1.807, 2.05) is 48.5 Å². The first-order valence-electron chi connectivity index (χ1n) is 11.8. The molecule has 0 bridgehead atoms. The molecule has 1 aliphatic heterocycles. The number of nitrogens with zero attached hydrogens (tertiary/aromatic N) is 5. The monoisotopic (exact) mass is 541 g/mol. The van der Waals surface area contributed by atoms with Crippen LogP contribution in [0.15, 0.2) is 48.5 Å². The van der Waals surface area contributed by atoms with Crippen molar-refractivity contribution in [3.8, 4) is 17.2 Å². The van der Waals surface area contributed by atoms with Crippen LogP contribution in [0, 0.1) is 0 Å². The first-order valence-corrected chi connectivity index (χ1v) is 12.5. The Morgan fingerprint density at radius 3 is 2.70 bits per heavy atom. The van der Waals surface area contributed by atoms with Crippen LogP contribution < -0.4 is 9.47 Å². The number of carboxylic acids is 1. The molecule has 37 heavy (non-hydrogen) atoms. The van der Waals surface area contributed by atoms with Crippen LogP contribution in [0.3, 0.4) is 0 Å². The smallest absolute Gasteiger partial charge is 0.311 e. The molecule has 0 amide bonds. The number of methoxy groups -OCH3 is 2. The van der Waals surface area contributed by atoms with Gasteiger partial charge in [-0.05, 0) is 60.0 Å².